The molecule has 0 radical (unpaired) electrons. The molecule has 0 bridgehead atoms. The van der Waals surface area contributed by atoms with Crippen molar-refractivity contribution in [1.82, 2.24) is 0 Å². The largest absolute Gasteiger partial charge is 0.490 e. The van der Waals surface area contributed by atoms with E-state index in [9.17, 15) is 0 Å². The minimum absolute atomic E-state index is 0.394. The second-order valence-electron chi connectivity index (χ2n) is 4.81. The molecule has 2 N–H and O–H groups in total. The molecule has 0 aromatic heterocycles. The first-order chi connectivity index (χ1) is 7.78. The molecule has 0 amide bonds. The maximum atomic E-state index is 5.96. The first kappa shape index (κ1) is 11.5. The topological polar surface area (TPSA) is 35.2 Å². The normalized spacial score (nSPS) is 25.4. The Morgan fingerprint density at radius 2 is 1.75 bits per heavy atom. The predicted molar refractivity (Wildman–Crippen MR) is 66.6 cm³/mol. The Labute approximate surface area is 97.8 Å². The molecule has 1 fully saturated rings. The van der Waals surface area contributed by atoms with Crippen LogP contribution in [0.3, 0.4) is 0 Å². The molecule has 1 aliphatic rings. The molecule has 2 heteroatoms. The Balaban J connectivity index is 1.84. The van der Waals surface area contributed by atoms with Crippen LogP contribution in [0.25, 0.3) is 0 Å². The highest BCUT2D eigenvalue weighted by molar-refractivity contribution is 5.26. The van der Waals surface area contributed by atoms with Gasteiger partial charge < -0.3 is 10.5 Å². The predicted octanol–water partition coefficient (Wildman–Crippen LogP) is 2.89. The van der Waals surface area contributed by atoms with E-state index in [1.165, 1.54) is 18.4 Å². The second kappa shape index (κ2) is 5.35. The maximum absolute atomic E-state index is 5.96. The van der Waals surface area contributed by atoms with Crippen LogP contribution in [0.4, 0.5) is 0 Å². The monoisotopic (exact) mass is 219 g/mol. The fourth-order valence-corrected chi connectivity index (χ4v) is 2.29. The van der Waals surface area contributed by atoms with Crippen molar-refractivity contribution in [3.05, 3.63) is 29.8 Å². The van der Waals surface area contributed by atoms with E-state index in [0.717, 1.165) is 31.1 Å². The number of nitrogens with two attached hydrogens (primary N) is 1. The fraction of sp³-hybridized carbons (Fsp3) is 0.571. The Kier molecular flexibility index (Phi) is 3.83. The van der Waals surface area contributed by atoms with Gasteiger partial charge in [0.25, 0.3) is 0 Å². The third kappa shape index (κ3) is 2.99. The van der Waals surface area contributed by atoms with Crippen LogP contribution < -0.4 is 10.5 Å². The molecular formula is C14H21NO. The number of benzene rings is 1. The van der Waals surface area contributed by atoms with Gasteiger partial charge in [0.15, 0.2) is 0 Å². The zero-order chi connectivity index (χ0) is 11.4. The number of aryl methyl sites for hydroxylation is 1. The van der Waals surface area contributed by atoms with E-state index in [0.29, 0.717) is 6.10 Å². The maximum Gasteiger partial charge on any atom is 0.119 e. The van der Waals surface area contributed by atoms with Crippen molar-refractivity contribution in [1.29, 1.82) is 0 Å². The summed E-state index contributed by atoms with van der Waals surface area (Å²) < 4.78 is 5.96. The lowest BCUT2D eigenvalue weighted by Gasteiger charge is -2.28. The van der Waals surface area contributed by atoms with Gasteiger partial charge in [0, 0.05) is 0 Å². The average molecular weight is 219 g/mol. The molecule has 1 saturated carbocycles. The summed E-state index contributed by atoms with van der Waals surface area (Å²) in [5.74, 6) is 1.72. The van der Waals surface area contributed by atoms with Crippen molar-refractivity contribution in [3.63, 3.8) is 0 Å². The molecule has 0 unspecified atom stereocenters. The summed E-state index contributed by atoms with van der Waals surface area (Å²) in [6, 6.07) is 8.32. The summed E-state index contributed by atoms with van der Waals surface area (Å²) in [7, 11) is 0. The van der Waals surface area contributed by atoms with E-state index in [2.05, 4.69) is 31.2 Å². The lowest BCUT2D eigenvalue weighted by molar-refractivity contribution is 0.133. The molecule has 88 valence electrons. The molecule has 1 aromatic carbocycles. The molecule has 0 heterocycles. The minimum Gasteiger partial charge on any atom is -0.490 e. The summed E-state index contributed by atoms with van der Waals surface area (Å²) in [5.41, 5.74) is 6.95. The van der Waals surface area contributed by atoms with E-state index < -0.39 is 0 Å². The van der Waals surface area contributed by atoms with Gasteiger partial charge in [0.05, 0.1) is 6.10 Å². The van der Waals surface area contributed by atoms with Gasteiger partial charge in [0.2, 0.25) is 0 Å². The molecular weight excluding hydrogens is 198 g/mol. The fourth-order valence-electron chi connectivity index (χ4n) is 2.29. The number of rotatable bonds is 3. The molecule has 0 atom stereocenters. The zero-order valence-electron chi connectivity index (χ0n) is 9.99. The van der Waals surface area contributed by atoms with Crippen LogP contribution in [0.15, 0.2) is 24.3 Å². The summed E-state index contributed by atoms with van der Waals surface area (Å²) in [4.78, 5) is 0. The highest BCUT2D eigenvalue weighted by Crippen LogP contribution is 2.27. The van der Waals surface area contributed by atoms with E-state index in [1.54, 1.807) is 0 Å². The average Bonchev–Trinajstić information content (AvgIpc) is 2.33. The van der Waals surface area contributed by atoms with Crippen molar-refractivity contribution in [2.24, 2.45) is 11.7 Å². The summed E-state index contributed by atoms with van der Waals surface area (Å²) in [6.07, 6.45) is 5.12. The van der Waals surface area contributed by atoms with E-state index in [1.807, 2.05) is 0 Å². The van der Waals surface area contributed by atoms with Gasteiger partial charge in [-0.25, -0.2) is 0 Å². The van der Waals surface area contributed by atoms with Crippen molar-refractivity contribution < 1.29 is 4.74 Å². The van der Waals surface area contributed by atoms with Gasteiger partial charge in [0.1, 0.15) is 5.75 Å². The van der Waals surface area contributed by atoms with Gasteiger partial charge in [-0.2, -0.15) is 0 Å². The van der Waals surface area contributed by atoms with Crippen LogP contribution in [-0.2, 0) is 0 Å². The van der Waals surface area contributed by atoms with Crippen LogP contribution in [0.5, 0.6) is 5.75 Å². The molecule has 1 aliphatic carbocycles. The molecule has 16 heavy (non-hydrogen) atoms. The number of ether oxygens (including phenoxy) is 1. The standard InChI is InChI=1S/C14H21NO/c1-11-2-6-13(7-3-11)16-14-8-4-12(10-15)5-9-14/h2-3,6-7,12,14H,4-5,8-10,15H2,1H3. The first-order valence-electron chi connectivity index (χ1n) is 6.21. The Hall–Kier alpha value is -1.02. The van der Waals surface area contributed by atoms with Crippen molar-refractivity contribution in [2.45, 2.75) is 38.7 Å². The van der Waals surface area contributed by atoms with Gasteiger partial charge in [-0.15, -0.1) is 0 Å². The van der Waals surface area contributed by atoms with E-state index in [4.69, 9.17) is 10.5 Å². The van der Waals surface area contributed by atoms with Crippen molar-refractivity contribution in [2.75, 3.05) is 6.54 Å². The highest BCUT2D eigenvalue weighted by atomic mass is 16.5. The Morgan fingerprint density at radius 3 is 2.31 bits per heavy atom. The van der Waals surface area contributed by atoms with Gasteiger partial charge in [-0.3, -0.25) is 0 Å². The lowest BCUT2D eigenvalue weighted by atomic mass is 9.87. The lowest BCUT2D eigenvalue weighted by Crippen LogP contribution is -2.27. The van der Waals surface area contributed by atoms with Gasteiger partial charge in [-0.05, 0) is 57.2 Å². The number of hydrogen-bond acceptors (Lipinski definition) is 2. The van der Waals surface area contributed by atoms with E-state index >= 15 is 0 Å². The summed E-state index contributed by atoms with van der Waals surface area (Å²) in [5, 5.41) is 0. The van der Waals surface area contributed by atoms with Crippen LogP contribution in [0.1, 0.15) is 31.2 Å². The van der Waals surface area contributed by atoms with Crippen molar-refractivity contribution >= 4 is 0 Å². The van der Waals surface area contributed by atoms with Crippen LogP contribution in [0, 0.1) is 12.8 Å². The first-order valence-corrected chi connectivity index (χ1v) is 6.21. The van der Waals surface area contributed by atoms with Crippen LogP contribution in [-0.4, -0.2) is 12.6 Å². The third-order valence-corrected chi connectivity index (χ3v) is 3.45. The molecule has 0 aliphatic heterocycles. The van der Waals surface area contributed by atoms with Gasteiger partial charge >= 0.3 is 0 Å². The SMILES string of the molecule is Cc1ccc(OC2CCC(CN)CC2)cc1. The third-order valence-electron chi connectivity index (χ3n) is 3.45. The minimum atomic E-state index is 0.394. The van der Waals surface area contributed by atoms with Crippen LogP contribution in [0.2, 0.25) is 0 Å². The molecule has 2 nitrogen and oxygen atoms in total. The second-order valence-corrected chi connectivity index (χ2v) is 4.81. The Morgan fingerprint density at radius 1 is 1.12 bits per heavy atom. The highest BCUT2D eigenvalue weighted by Gasteiger charge is 2.21. The summed E-state index contributed by atoms with van der Waals surface area (Å²) in [6.45, 7) is 2.92. The van der Waals surface area contributed by atoms with Crippen molar-refractivity contribution in [3.8, 4) is 5.75 Å². The molecule has 2 rings (SSSR count). The number of hydrogen-bond donors (Lipinski definition) is 1. The van der Waals surface area contributed by atoms with Crippen LogP contribution >= 0.6 is 0 Å². The molecule has 0 saturated heterocycles. The van der Waals surface area contributed by atoms with E-state index in [-0.39, 0.29) is 0 Å². The molecule has 1 aromatic rings. The smallest absolute Gasteiger partial charge is 0.119 e. The summed E-state index contributed by atoms with van der Waals surface area (Å²) >= 11 is 0. The zero-order valence-corrected chi connectivity index (χ0v) is 9.99. The Bertz CT molecular complexity index is 312. The molecule has 0 spiro atoms. The van der Waals surface area contributed by atoms with Gasteiger partial charge in [-0.1, -0.05) is 17.7 Å². The quantitative estimate of drug-likeness (QED) is 0.848.